The molecule has 0 radical (unpaired) electrons. The van der Waals surface area contributed by atoms with Crippen LogP contribution in [0, 0.1) is 0 Å². The normalized spacial score (nSPS) is 14.3. The number of anilines is 2. The number of likely N-dealkylation sites (N-methyl/N-ethyl adjacent to an activating group) is 1. The van der Waals surface area contributed by atoms with Crippen LogP contribution in [0.4, 0.5) is 11.5 Å². The molecule has 1 atom stereocenters. The van der Waals surface area contributed by atoms with Gasteiger partial charge in [-0.1, -0.05) is 43.3 Å². The van der Waals surface area contributed by atoms with Crippen LogP contribution in [0.25, 0.3) is 10.9 Å². The Labute approximate surface area is 219 Å². The van der Waals surface area contributed by atoms with Gasteiger partial charge in [0.2, 0.25) is 5.91 Å². The second-order valence-corrected chi connectivity index (χ2v) is 9.34. The van der Waals surface area contributed by atoms with E-state index in [0.29, 0.717) is 30.9 Å². The number of benzene rings is 2. The number of nitrogens with one attached hydrogen (secondary N) is 2. The zero-order chi connectivity index (χ0) is 26.2. The third-order valence-corrected chi connectivity index (χ3v) is 6.65. The summed E-state index contributed by atoms with van der Waals surface area (Å²) in [6, 6.07) is 14.6. The SMILES string of the molecule is CCN(CC=CC(=O)Nc1cc2c(NC(C)c3ccccc3)nc(OC)nc2cc1C1CC1)CCOC. The number of rotatable bonds is 13. The summed E-state index contributed by atoms with van der Waals surface area (Å²) < 4.78 is 10.6. The van der Waals surface area contributed by atoms with E-state index in [1.54, 1.807) is 20.3 Å². The van der Waals surface area contributed by atoms with Gasteiger partial charge in [-0.05, 0) is 55.5 Å². The van der Waals surface area contributed by atoms with Crippen LogP contribution in [0.2, 0.25) is 0 Å². The number of fused-ring (bicyclic) bond motifs is 1. The fraction of sp³-hybridized carbons (Fsp3) is 0.414. The quantitative estimate of drug-likeness (QED) is 0.312. The molecule has 2 N–H and O–H groups in total. The van der Waals surface area contributed by atoms with Gasteiger partial charge in [-0.25, -0.2) is 0 Å². The Balaban J connectivity index is 1.60. The lowest BCUT2D eigenvalue weighted by Gasteiger charge is -2.19. The van der Waals surface area contributed by atoms with Crippen LogP contribution < -0.4 is 15.4 Å². The van der Waals surface area contributed by atoms with Gasteiger partial charge in [-0.2, -0.15) is 9.97 Å². The van der Waals surface area contributed by atoms with E-state index in [0.717, 1.165) is 53.6 Å². The molecule has 2 aromatic carbocycles. The Morgan fingerprint density at radius 2 is 1.97 bits per heavy atom. The first kappa shape index (κ1) is 26.6. The summed E-state index contributed by atoms with van der Waals surface area (Å²) in [4.78, 5) is 24.3. The van der Waals surface area contributed by atoms with Gasteiger partial charge in [0.25, 0.3) is 0 Å². The lowest BCUT2D eigenvalue weighted by molar-refractivity contribution is -0.111. The van der Waals surface area contributed by atoms with Gasteiger partial charge in [0, 0.05) is 43.4 Å². The Kier molecular flexibility index (Phi) is 9.09. The van der Waals surface area contributed by atoms with Crippen molar-refractivity contribution in [3.63, 3.8) is 0 Å². The Morgan fingerprint density at radius 3 is 2.65 bits per heavy atom. The van der Waals surface area contributed by atoms with Crippen molar-refractivity contribution < 1.29 is 14.3 Å². The molecular formula is C29H37N5O3. The van der Waals surface area contributed by atoms with Gasteiger partial charge in [0.1, 0.15) is 5.82 Å². The first-order valence-corrected chi connectivity index (χ1v) is 12.9. The molecule has 8 nitrogen and oxygen atoms in total. The standard InChI is InChI=1S/C29H37N5O3/c1-5-34(16-17-36-3)15-9-12-27(35)31-25-19-24-26(18-23(25)22-13-14-22)32-29(37-4)33-28(24)30-20(2)21-10-7-6-8-11-21/h6-12,18-20,22H,5,13-17H2,1-4H3,(H,31,35)(H,30,32,33). The molecule has 196 valence electrons. The lowest BCUT2D eigenvalue weighted by Crippen LogP contribution is -2.27. The highest BCUT2D eigenvalue weighted by molar-refractivity contribution is 6.03. The highest BCUT2D eigenvalue weighted by Crippen LogP contribution is 2.45. The van der Waals surface area contributed by atoms with Crippen LogP contribution in [0.1, 0.15) is 49.8 Å². The average molecular weight is 504 g/mol. The second-order valence-electron chi connectivity index (χ2n) is 9.34. The number of carbonyl (C=O) groups is 1. The Hall–Kier alpha value is -3.49. The maximum atomic E-state index is 12.9. The summed E-state index contributed by atoms with van der Waals surface area (Å²) in [6.07, 6.45) is 5.72. The van der Waals surface area contributed by atoms with Crippen LogP contribution in [0.5, 0.6) is 6.01 Å². The Morgan fingerprint density at radius 1 is 1.19 bits per heavy atom. The maximum Gasteiger partial charge on any atom is 0.318 e. The van der Waals surface area contributed by atoms with Crippen molar-refractivity contribution in [3.05, 3.63) is 65.7 Å². The molecule has 1 heterocycles. The van der Waals surface area contributed by atoms with Crippen LogP contribution in [-0.4, -0.2) is 61.2 Å². The van der Waals surface area contributed by atoms with E-state index in [4.69, 9.17) is 9.47 Å². The molecule has 1 saturated carbocycles. The third kappa shape index (κ3) is 7.05. The molecule has 1 aliphatic carbocycles. The minimum absolute atomic E-state index is 0.0210. The molecule has 1 amide bonds. The molecule has 1 unspecified atom stereocenters. The highest BCUT2D eigenvalue weighted by atomic mass is 16.5. The molecule has 1 aliphatic rings. The molecule has 0 spiro atoms. The molecule has 4 rings (SSSR count). The number of hydrogen-bond acceptors (Lipinski definition) is 7. The topological polar surface area (TPSA) is 88.6 Å². The van der Waals surface area contributed by atoms with Crippen molar-refractivity contribution in [2.24, 2.45) is 0 Å². The van der Waals surface area contributed by atoms with Gasteiger partial charge < -0.3 is 20.1 Å². The largest absolute Gasteiger partial charge is 0.467 e. The van der Waals surface area contributed by atoms with Crippen molar-refractivity contribution >= 4 is 28.3 Å². The summed E-state index contributed by atoms with van der Waals surface area (Å²) in [7, 11) is 3.27. The van der Waals surface area contributed by atoms with E-state index in [9.17, 15) is 4.79 Å². The van der Waals surface area contributed by atoms with Gasteiger partial charge in [0.15, 0.2) is 0 Å². The molecular weight excluding hydrogens is 466 g/mol. The summed E-state index contributed by atoms with van der Waals surface area (Å²) in [6.45, 7) is 7.28. The van der Waals surface area contributed by atoms with Crippen molar-refractivity contribution in [1.29, 1.82) is 0 Å². The predicted octanol–water partition coefficient (Wildman–Crippen LogP) is 5.15. The average Bonchev–Trinajstić information content (AvgIpc) is 3.76. The number of aromatic nitrogens is 2. The Bertz CT molecular complexity index is 1230. The third-order valence-electron chi connectivity index (χ3n) is 6.65. The molecule has 1 fully saturated rings. The molecule has 8 heteroatoms. The number of ether oxygens (including phenoxy) is 2. The fourth-order valence-corrected chi connectivity index (χ4v) is 4.32. The van der Waals surface area contributed by atoms with E-state index < -0.39 is 0 Å². The van der Waals surface area contributed by atoms with Crippen molar-refractivity contribution in [1.82, 2.24) is 14.9 Å². The van der Waals surface area contributed by atoms with Crippen LogP contribution in [0.3, 0.4) is 0 Å². The van der Waals surface area contributed by atoms with Gasteiger partial charge in [-0.3, -0.25) is 9.69 Å². The maximum absolute atomic E-state index is 12.9. The van der Waals surface area contributed by atoms with Gasteiger partial charge >= 0.3 is 6.01 Å². The summed E-state index contributed by atoms with van der Waals surface area (Å²) in [5.74, 6) is 0.947. The molecule has 1 aromatic heterocycles. The van der Waals surface area contributed by atoms with Gasteiger partial charge in [0.05, 0.1) is 19.2 Å². The van der Waals surface area contributed by atoms with E-state index in [1.165, 1.54) is 0 Å². The number of nitrogens with zero attached hydrogens (tertiary/aromatic N) is 3. The molecule has 37 heavy (non-hydrogen) atoms. The van der Waals surface area contributed by atoms with Crippen molar-refractivity contribution in [2.75, 3.05) is 51.1 Å². The summed E-state index contributed by atoms with van der Waals surface area (Å²) in [5.41, 5.74) is 3.85. The highest BCUT2D eigenvalue weighted by Gasteiger charge is 2.28. The lowest BCUT2D eigenvalue weighted by atomic mass is 10.0. The van der Waals surface area contributed by atoms with E-state index in [-0.39, 0.29) is 11.9 Å². The molecule has 0 aliphatic heterocycles. The predicted molar refractivity (Wildman–Crippen MR) is 148 cm³/mol. The second kappa shape index (κ2) is 12.7. The van der Waals surface area contributed by atoms with E-state index >= 15 is 0 Å². The number of amides is 1. The van der Waals surface area contributed by atoms with E-state index in [1.807, 2.05) is 30.3 Å². The summed E-state index contributed by atoms with van der Waals surface area (Å²) >= 11 is 0. The number of carbonyl (C=O) groups excluding carboxylic acids is 1. The zero-order valence-electron chi connectivity index (χ0n) is 22.2. The minimum atomic E-state index is -0.148. The molecule has 3 aromatic rings. The monoisotopic (exact) mass is 503 g/mol. The fourth-order valence-electron chi connectivity index (χ4n) is 4.32. The van der Waals surface area contributed by atoms with Crippen molar-refractivity contribution in [2.45, 2.75) is 38.6 Å². The first-order chi connectivity index (χ1) is 18.0. The van der Waals surface area contributed by atoms with E-state index in [2.05, 4.69) is 57.5 Å². The molecule has 0 bridgehead atoms. The number of hydrogen-bond donors (Lipinski definition) is 2. The smallest absolute Gasteiger partial charge is 0.318 e. The minimum Gasteiger partial charge on any atom is -0.467 e. The number of methoxy groups -OCH3 is 2. The van der Waals surface area contributed by atoms with Crippen LogP contribution in [-0.2, 0) is 9.53 Å². The zero-order valence-corrected chi connectivity index (χ0v) is 22.2. The summed E-state index contributed by atoms with van der Waals surface area (Å²) in [5, 5.41) is 7.47. The first-order valence-electron chi connectivity index (χ1n) is 12.9. The van der Waals surface area contributed by atoms with Crippen molar-refractivity contribution in [3.8, 4) is 6.01 Å². The van der Waals surface area contributed by atoms with Crippen LogP contribution in [0.15, 0.2) is 54.6 Å². The molecule has 0 saturated heterocycles. The van der Waals surface area contributed by atoms with Gasteiger partial charge in [-0.15, -0.1) is 0 Å². The van der Waals surface area contributed by atoms with Crippen LogP contribution >= 0.6 is 0 Å².